The zero-order valence-electron chi connectivity index (χ0n) is 12.8. The molecule has 0 saturated carbocycles. The van der Waals surface area contributed by atoms with Crippen molar-refractivity contribution in [3.8, 4) is 0 Å². The van der Waals surface area contributed by atoms with E-state index in [4.69, 9.17) is 5.11 Å². The summed E-state index contributed by atoms with van der Waals surface area (Å²) in [5.74, 6) is -0.428. The van der Waals surface area contributed by atoms with Crippen molar-refractivity contribution in [3.63, 3.8) is 0 Å². The Balaban J connectivity index is 2.12. The zero-order valence-corrected chi connectivity index (χ0v) is 13.6. The average Bonchev–Trinajstić information content (AvgIpc) is 2.54. The molecule has 7 heteroatoms. The summed E-state index contributed by atoms with van der Waals surface area (Å²) in [5, 5.41) is 13.0. The topological polar surface area (TPSA) is 95.5 Å². The summed E-state index contributed by atoms with van der Waals surface area (Å²) in [6.45, 7) is 1.75. The van der Waals surface area contributed by atoms with Crippen LogP contribution in [0, 0.1) is 0 Å². The minimum atomic E-state index is -3.79. The van der Waals surface area contributed by atoms with Crippen LogP contribution in [0.2, 0.25) is 0 Å². The van der Waals surface area contributed by atoms with E-state index in [1.807, 2.05) is 24.3 Å². The van der Waals surface area contributed by atoms with Crippen LogP contribution in [0.3, 0.4) is 0 Å². The Kier molecular flexibility index (Phi) is 5.70. The molecule has 0 heterocycles. The summed E-state index contributed by atoms with van der Waals surface area (Å²) >= 11 is 0. The summed E-state index contributed by atoms with van der Waals surface area (Å²) in [5.41, 5.74) is 0. The van der Waals surface area contributed by atoms with E-state index >= 15 is 0 Å². The molecule has 1 amide bonds. The second-order valence-corrected chi connectivity index (χ2v) is 6.93. The van der Waals surface area contributed by atoms with Gasteiger partial charge < -0.3 is 10.4 Å². The van der Waals surface area contributed by atoms with Gasteiger partial charge in [-0.25, -0.2) is 8.42 Å². The molecule has 3 N–H and O–H groups in total. The molecule has 0 saturated heterocycles. The van der Waals surface area contributed by atoms with Gasteiger partial charge in [-0.2, -0.15) is 4.72 Å². The molecule has 0 bridgehead atoms. The Morgan fingerprint density at radius 3 is 2.57 bits per heavy atom. The SMILES string of the molecule is CC(NS(=O)(=O)c1ccc2ccccc2c1)C(=O)NCCCO. The third kappa shape index (κ3) is 4.51. The van der Waals surface area contributed by atoms with Gasteiger partial charge in [-0.05, 0) is 36.2 Å². The highest BCUT2D eigenvalue weighted by atomic mass is 32.2. The maximum absolute atomic E-state index is 12.4. The highest BCUT2D eigenvalue weighted by molar-refractivity contribution is 7.89. The molecule has 0 fully saturated rings. The van der Waals surface area contributed by atoms with E-state index in [-0.39, 0.29) is 11.5 Å². The van der Waals surface area contributed by atoms with Crippen molar-refractivity contribution in [2.75, 3.05) is 13.2 Å². The van der Waals surface area contributed by atoms with Crippen LogP contribution in [-0.2, 0) is 14.8 Å². The molecular weight excluding hydrogens is 316 g/mol. The van der Waals surface area contributed by atoms with Crippen LogP contribution >= 0.6 is 0 Å². The van der Waals surface area contributed by atoms with Crippen LogP contribution < -0.4 is 10.0 Å². The van der Waals surface area contributed by atoms with Crippen molar-refractivity contribution < 1.29 is 18.3 Å². The number of fused-ring (bicyclic) bond motifs is 1. The number of carbonyl (C=O) groups is 1. The number of carbonyl (C=O) groups excluding carboxylic acids is 1. The van der Waals surface area contributed by atoms with Crippen molar-refractivity contribution in [3.05, 3.63) is 42.5 Å². The average molecular weight is 336 g/mol. The number of hydrogen-bond donors (Lipinski definition) is 3. The molecule has 0 radical (unpaired) electrons. The predicted molar refractivity (Wildman–Crippen MR) is 88.4 cm³/mol. The fourth-order valence-electron chi connectivity index (χ4n) is 2.13. The van der Waals surface area contributed by atoms with Crippen molar-refractivity contribution in [1.82, 2.24) is 10.0 Å². The van der Waals surface area contributed by atoms with Gasteiger partial charge in [0, 0.05) is 13.2 Å². The monoisotopic (exact) mass is 336 g/mol. The first-order valence-corrected chi connectivity index (χ1v) is 8.82. The molecule has 0 aliphatic heterocycles. The second-order valence-electron chi connectivity index (χ2n) is 5.22. The molecule has 0 spiro atoms. The van der Waals surface area contributed by atoms with Crippen LogP contribution in [0.25, 0.3) is 10.8 Å². The van der Waals surface area contributed by atoms with Gasteiger partial charge in [0.15, 0.2) is 0 Å². The highest BCUT2D eigenvalue weighted by Crippen LogP contribution is 2.19. The molecule has 6 nitrogen and oxygen atoms in total. The van der Waals surface area contributed by atoms with Gasteiger partial charge in [0.1, 0.15) is 0 Å². The molecule has 2 aromatic carbocycles. The fourth-order valence-corrected chi connectivity index (χ4v) is 3.37. The Morgan fingerprint density at radius 2 is 1.87 bits per heavy atom. The zero-order chi connectivity index (χ0) is 16.9. The van der Waals surface area contributed by atoms with E-state index in [0.717, 1.165) is 10.8 Å². The van der Waals surface area contributed by atoms with E-state index in [0.29, 0.717) is 13.0 Å². The van der Waals surface area contributed by atoms with Crippen molar-refractivity contribution in [2.45, 2.75) is 24.3 Å². The molecule has 2 aromatic rings. The summed E-state index contributed by atoms with van der Waals surface area (Å²) < 4.78 is 27.1. The second kappa shape index (κ2) is 7.54. The molecule has 2 rings (SSSR count). The Bertz CT molecular complexity index is 790. The van der Waals surface area contributed by atoms with Gasteiger partial charge in [-0.1, -0.05) is 30.3 Å². The first-order valence-electron chi connectivity index (χ1n) is 7.34. The number of aliphatic hydroxyl groups excluding tert-OH is 1. The lowest BCUT2D eigenvalue weighted by Crippen LogP contribution is -2.45. The summed E-state index contributed by atoms with van der Waals surface area (Å²) in [6.07, 6.45) is 0.426. The Labute approximate surface area is 135 Å². The number of benzene rings is 2. The first-order chi connectivity index (χ1) is 10.9. The van der Waals surface area contributed by atoms with E-state index in [2.05, 4.69) is 10.0 Å². The number of amides is 1. The van der Waals surface area contributed by atoms with Crippen molar-refractivity contribution >= 4 is 26.7 Å². The van der Waals surface area contributed by atoms with Gasteiger partial charge in [0.05, 0.1) is 10.9 Å². The van der Waals surface area contributed by atoms with Gasteiger partial charge >= 0.3 is 0 Å². The maximum atomic E-state index is 12.4. The van der Waals surface area contributed by atoms with E-state index in [1.165, 1.54) is 13.0 Å². The first kappa shape index (κ1) is 17.4. The number of sulfonamides is 1. The van der Waals surface area contributed by atoms with Crippen LogP contribution in [-0.4, -0.2) is 38.6 Å². The van der Waals surface area contributed by atoms with Crippen molar-refractivity contribution in [1.29, 1.82) is 0 Å². The number of nitrogens with one attached hydrogen (secondary N) is 2. The molecule has 0 aliphatic rings. The van der Waals surface area contributed by atoms with Gasteiger partial charge in [-0.15, -0.1) is 0 Å². The standard InChI is InChI=1S/C16H20N2O4S/c1-12(16(20)17-9-4-10-19)18-23(21,22)15-8-7-13-5-2-3-6-14(13)11-15/h2-3,5-8,11-12,18-19H,4,9-10H2,1H3,(H,17,20). The van der Waals surface area contributed by atoms with Crippen LogP contribution in [0.15, 0.2) is 47.4 Å². The molecular formula is C16H20N2O4S. The smallest absolute Gasteiger partial charge is 0.241 e. The summed E-state index contributed by atoms with van der Waals surface area (Å²) in [4.78, 5) is 11.9. The molecule has 23 heavy (non-hydrogen) atoms. The fraction of sp³-hybridized carbons (Fsp3) is 0.312. The number of rotatable bonds is 7. The molecule has 124 valence electrons. The number of hydrogen-bond acceptors (Lipinski definition) is 4. The summed E-state index contributed by atoms with van der Waals surface area (Å²) in [6, 6.07) is 11.4. The largest absolute Gasteiger partial charge is 0.396 e. The third-order valence-electron chi connectivity index (χ3n) is 3.39. The number of aliphatic hydroxyl groups is 1. The lowest BCUT2D eigenvalue weighted by Gasteiger charge is -2.14. The minimum absolute atomic E-state index is 0.0303. The van der Waals surface area contributed by atoms with E-state index in [9.17, 15) is 13.2 Å². The molecule has 1 unspecified atom stereocenters. The van der Waals surface area contributed by atoms with Crippen molar-refractivity contribution in [2.24, 2.45) is 0 Å². The van der Waals surface area contributed by atoms with Gasteiger partial charge in [0.2, 0.25) is 15.9 Å². The maximum Gasteiger partial charge on any atom is 0.241 e. The molecule has 1 atom stereocenters. The normalized spacial score (nSPS) is 13.0. The van der Waals surface area contributed by atoms with Gasteiger partial charge in [0.25, 0.3) is 0 Å². The van der Waals surface area contributed by atoms with Gasteiger partial charge in [-0.3, -0.25) is 4.79 Å². The highest BCUT2D eigenvalue weighted by Gasteiger charge is 2.21. The lowest BCUT2D eigenvalue weighted by atomic mass is 10.1. The van der Waals surface area contributed by atoms with E-state index < -0.39 is 22.0 Å². The Morgan fingerprint density at radius 1 is 1.17 bits per heavy atom. The third-order valence-corrected chi connectivity index (χ3v) is 4.93. The Hall–Kier alpha value is -1.96. The molecule has 0 aliphatic carbocycles. The predicted octanol–water partition coefficient (Wildman–Crippen LogP) is 1.01. The summed E-state index contributed by atoms with van der Waals surface area (Å²) in [7, 11) is -3.79. The quantitative estimate of drug-likeness (QED) is 0.658. The van der Waals surface area contributed by atoms with Crippen LogP contribution in [0.1, 0.15) is 13.3 Å². The van der Waals surface area contributed by atoms with E-state index in [1.54, 1.807) is 12.1 Å². The molecule has 0 aromatic heterocycles. The lowest BCUT2D eigenvalue weighted by molar-refractivity contribution is -0.122. The van der Waals surface area contributed by atoms with Crippen LogP contribution in [0.5, 0.6) is 0 Å². The van der Waals surface area contributed by atoms with Crippen LogP contribution in [0.4, 0.5) is 0 Å². The minimum Gasteiger partial charge on any atom is -0.396 e.